The highest BCUT2D eigenvalue weighted by molar-refractivity contribution is 5.29. The van der Waals surface area contributed by atoms with Crippen molar-refractivity contribution in [1.82, 2.24) is 0 Å². The Hall–Kier alpha value is -0.860. The van der Waals surface area contributed by atoms with Crippen LogP contribution in [0, 0.1) is 13.8 Å². The minimum Gasteiger partial charge on any atom is -0.350 e. The van der Waals surface area contributed by atoms with Crippen LogP contribution >= 0.6 is 0 Å². The molecule has 1 aliphatic heterocycles. The molecular weight excluding hydrogens is 200 g/mol. The van der Waals surface area contributed by atoms with E-state index in [1.165, 1.54) is 16.7 Å². The van der Waals surface area contributed by atoms with Gasteiger partial charge in [-0.25, -0.2) is 0 Å². The van der Waals surface area contributed by atoms with Crippen LogP contribution in [0.1, 0.15) is 29.5 Å². The summed E-state index contributed by atoms with van der Waals surface area (Å²) in [6, 6.07) is 6.71. The van der Waals surface area contributed by atoms with E-state index >= 15 is 0 Å². The molecule has 1 aromatic rings. The monoisotopic (exact) mass is 220 g/mol. The van der Waals surface area contributed by atoms with Crippen molar-refractivity contribution in [2.75, 3.05) is 13.2 Å². The third kappa shape index (κ3) is 3.06. The largest absolute Gasteiger partial charge is 0.350 e. The molecule has 1 heterocycles. The van der Waals surface area contributed by atoms with E-state index in [1.54, 1.807) is 0 Å². The van der Waals surface area contributed by atoms with Gasteiger partial charge in [0.25, 0.3) is 0 Å². The van der Waals surface area contributed by atoms with Crippen LogP contribution in [-0.4, -0.2) is 19.5 Å². The lowest BCUT2D eigenvalue weighted by atomic mass is 10.0. The molecule has 0 bridgehead atoms. The zero-order valence-corrected chi connectivity index (χ0v) is 10.2. The number of benzene rings is 1. The smallest absolute Gasteiger partial charge is 0.157 e. The van der Waals surface area contributed by atoms with Crippen LogP contribution in [-0.2, 0) is 15.9 Å². The summed E-state index contributed by atoms with van der Waals surface area (Å²) in [5.41, 5.74) is 4.16. The van der Waals surface area contributed by atoms with Gasteiger partial charge in [-0.3, -0.25) is 0 Å². The maximum absolute atomic E-state index is 5.41. The summed E-state index contributed by atoms with van der Waals surface area (Å²) in [7, 11) is 0. The van der Waals surface area contributed by atoms with E-state index in [1.807, 2.05) is 0 Å². The van der Waals surface area contributed by atoms with Gasteiger partial charge in [0.1, 0.15) is 0 Å². The van der Waals surface area contributed by atoms with Gasteiger partial charge in [-0.05, 0) is 49.8 Å². The molecule has 16 heavy (non-hydrogen) atoms. The van der Waals surface area contributed by atoms with Crippen molar-refractivity contribution in [3.05, 3.63) is 34.9 Å². The van der Waals surface area contributed by atoms with Crippen molar-refractivity contribution < 1.29 is 9.47 Å². The average molecular weight is 220 g/mol. The fraction of sp³-hybridized carbons (Fsp3) is 0.571. The molecule has 0 unspecified atom stereocenters. The second-order valence-corrected chi connectivity index (χ2v) is 4.48. The molecule has 0 radical (unpaired) electrons. The van der Waals surface area contributed by atoms with Crippen LogP contribution in [0.2, 0.25) is 0 Å². The van der Waals surface area contributed by atoms with E-state index in [0.717, 1.165) is 32.5 Å². The predicted molar refractivity (Wildman–Crippen MR) is 64.5 cm³/mol. The number of hydrogen-bond acceptors (Lipinski definition) is 2. The second-order valence-electron chi connectivity index (χ2n) is 4.48. The Morgan fingerprint density at radius 2 is 1.88 bits per heavy atom. The van der Waals surface area contributed by atoms with Crippen molar-refractivity contribution >= 4 is 0 Å². The highest BCUT2D eigenvalue weighted by atomic mass is 16.7. The summed E-state index contributed by atoms with van der Waals surface area (Å²) in [4.78, 5) is 0. The van der Waals surface area contributed by atoms with Crippen LogP contribution in [0.5, 0.6) is 0 Å². The van der Waals surface area contributed by atoms with Gasteiger partial charge in [0, 0.05) is 0 Å². The predicted octanol–water partition coefficient (Wildman–Crippen LogP) is 3.00. The topological polar surface area (TPSA) is 18.5 Å². The fourth-order valence-electron chi connectivity index (χ4n) is 2.01. The molecular formula is C14H20O2. The van der Waals surface area contributed by atoms with Crippen molar-refractivity contribution in [2.45, 2.75) is 39.4 Å². The molecule has 0 aromatic heterocycles. The summed E-state index contributed by atoms with van der Waals surface area (Å²) in [6.45, 7) is 5.84. The first-order chi connectivity index (χ1) is 7.75. The molecule has 0 aliphatic carbocycles. The average Bonchev–Trinajstić information content (AvgIpc) is 2.76. The molecule has 0 atom stereocenters. The van der Waals surface area contributed by atoms with Gasteiger partial charge in [0.15, 0.2) is 6.29 Å². The summed E-state index contributed by atoms with van der Waals surface area (Å²) >= 11 is 0. The molecule has 0 spiro atoms. The quantitative estimate of drug-likeness (QED) is 0.776. The summed E-state index contributed by atoms with van der Waals surface area (Å²) < 4.78 is 10.8. The van der Waals surface area contributed by atoms with E-state index in [-0.39, 0.29) is 6.29 Å². The minimum absolute atomic E-state index is 0.0477. The van der Waals surface area contributed by atoms with E-state index in [4.69, 9.17) is 9.47 Å². The third-order valence-corrected chi connectivity index (χ3v) is 3.17. The SMILES string of the molecule is Cc1ccc(CCCC2OCCO2)cc1C. The van der Waals surface area contributed by atoms with E-state index in [0.29, 0.717) is 0 Å². The van der Waals surface area contributed by atoms with Crippen LogP contribution in [0.3, 0.4) is 0 Å². The normalized spacial score (nSPS) is 16.9. The Labute approximate surface area is 97.6 Å². The first kappa shape index (κ1) is 11.6. The lowest BCUT2D eigenvalue weighted by molar-refractivity contribution is -0.0475. The molecule has 1 saturated heterocycles. The van der Waals surface area contributed by atoms with Gasteiger partial charge in [-0.15, -0.1) is 0 Å². The number of aryl methyl sites for hydroxylation is 3. The molecule has 88 valence electrons. The van der Waals surface area contributed by atoms with E-state index in [2.05, 4.69) is 32.0 Å². The zero-order valence-electron chi connectivity index (χ0n) is 10.2. The Balaban J connectivity index is 1.78. The van der Waals surface area contributed by atoms with Gasteiger partial charge in [0.2, 0.25) is 0 Å². The summed E-state index contributed by atoms with van der Waals surface area (Å²) in [6.07, 6.45) is 3.30. The Kier molecular flexibility index (Phi) is 3.97. The Bertz CT molecular complexity index is 341. The molecule has 0 N–H and O–H groups in total. The Morgan fingerprint density at radius 1 is 1.12 bits per heavy atom. The van der Waals surface area contributed by atoms with Gasteiger partial charge in [-0.2, -0.15) is 0 Å². The van der Waals surface area contributed by atoms with Crippen molar-refractivity contribution in [3.63, 3.8) is 0 Å². The number of ether oxygens (including phenoxy) is 2. The summed E-state index contributed by atoms with van der Waals surface area (Å²) in [5, 5.41) is 0. The molecule has 1 aliphatic rings. The molecule has 2 heteroatoms. The van der Waals surface area contributed by atoms with Crippen molar-refractivity contribution in [3.8, 4) is 0 Å². The number of rotatable bonds is 4. The van der Waals surface area contributed by atoms with Crippen LogP contribution < -0.4 is 0 Å². The first-order valence-electron chi connectivity index (χ1n) is 6.05. The lowest BCUT2D eigenvalue weighted by Gasteiger charge is -2.09. The summed E-state index contributed by atoms with van der Waals surface area (Å²) in [5.74, 6) is 0. The lowest BCUT2D eigenvalue weighted by Crippen LogP contribution is -2.07. The molecule has 2 rings (SSSR count). The first-order valence-corrected chi connectivity index (χ1v) is 6.05. The van der Waals surface area contributed by atoms with Gasteiger partial charge < -0.3 is 9.47 Å². The maximum atomic E-state index is 5.41. The van der Waals surface area contributed by atoms with Crippen LogP contribution in [0.4, 0.5) is 0 Å². The van der Waals surface area contributed by atoms with Crippen LogP contribution in [0.15, 0.2) is 18.2 Å². The van der Waals surface area contributed by atoms with Crippen molar-refractivity contribution in [2.24, 2.45) is 0 Å². The maximum Gasteiger partial charge on any atom is 0.157 e. The molecule has 1 fully saturated rings. The van der Waals surface area contributed by atoms with Gasteiger partial charge >= 0.3 is 0 Å². The van der Waals surface area contributed by atoms with Gasteiger partial charge in [-0.1, -0.05) is 18.2 Å². The zero-order chi connectivity index (χ0) is 11.4. The highest BCUT2D eigenvalue weighted by Gasteiger charge is 2.14. The standard InChI is InChI=1S/C14H20O2/c1-11-6-7-13(10-12(11)2)4-3-5-14-15-8-9-16-14/h6-7,10,14H,3-5,8-9H2,1-2H3. The highest BCUT2D eigenvalue weighted by Crippen LogP contribution is 2.15. The van der Waals surface area contributed by atoms with E-state index in [9.17, 15) is 0 Å². The van der Waals surface area contributed by atoms with Gasteiger partial charge in [0.05, 0.1) is 13.2 Å². The molecule has 1 aromatic carbocycles. The third-order valence-electron chi connectivity index (χ3n) is 3.17. The Morgan fingerprint density at radius 3 is 2.56 bits per heavy atom. The second kappa shape index (κ2) is 5.46. The van der Waals surface area contributed by atoms with Crippen LogP contribution in [0.25, 0.3) is 0 Å². The minimum atomic E-state index is 0.0477. The molecule has 0 amide bonds. The fourth-order valence-corrected chi connectivity index (χ4v) is 2.01. The molecule has 0 saturated carbocycles. The molecule has 2 nitrogen and oxygen atoms in total. The van der Waals surface area contributed by atoms with Crippen molar-refractivity contribution in [1.29, 1.82) is 0 Å². The number of hydrogen-bond donors (Lipinski definition) is 0. The van der Waals surface area contributed by atoms with E-state index < -0.39 is 0 Å².